The number of hydrogen-bond acceptors (Lipinski definition) is 7. The smallest absolute Gasteiger partial charge is 0.360 e. The van der Waals surface area contributed by atoms with Crippen LogP contribution in [0.15, 0.2) is 10.3 Å². The van der Waals surface area contributed by atoms with Crippen molar-refractivity contribution in [3.05, 3.63) is 0 Å². The van der Waals surface area contributed by atoms with E-state index < -0.39 is 23.3 Å². The van der Waals surface area contributed by atoms with Gasteiger partial charge < -0.3 is 25.2 Å². The standard InChI is InChI=1S/C8H11N3O6/c12-7(11-1-3-17-4-2-11)5(9-15)6(10-16)8(13)14/h15-16H,1-4H2,(H,13,14)/b9-5+,10-6+. The van der Waals surface area contributed by atoms with Crippen molar-refractivity contribution in [1.82, 2.24) is 4.90 Å². The summed E-state index contributed by atoms with van der Waals surface area (Å²) in [6, 6.07) is 0. The highest BCUT2D eigenvalue weighted by atomic mass is 16.5. The van der Waals surface area contributed by atoms with Crippen molar-refractivity contribution in [1.29, 1.82) is 0 Å². The highest BCUT2D eigenvalue weighted by molar-refractivity contribution is 6.79. The molecule has 0 spiro atoms. The van der Waals surface area contributed by atoms with E-state index in [1.54, 1.807) is 0 Å². The van der Waals surface area contributed by atoms with E-state index in [1.165, 1.54) is 4.90 Å². The Morgan fingerprint density at radius 2 is 1.59 bits per heavy atom. The molecule has 0 bridgehead atoms. The lowest BCUT2D eigenvalue weighted by molar-refractivity contribution is -0.130. The molecule has 0 aliphatic carbocycles. The van der Waals surface area contributed by atoms with Gasteiger partial charge in [0, 0.05) is 13.1 Å². The first-order chi connectivity index (χ1) is 8.11. The fourth-order valence-corrected chi connectivity index (χ4v) is 1.30. The summed E-state index contributed by atoms with van der Waals surface area (Å²) >= 11 is 0. The van der Waals surface area contributed by atoms with Crippen LogP contribution in [-0.4, -0.2) is 70.0 Å². The Kier molecular flexibility index (Phi) is 4.40. The van der Waals surface area contributed by atoms with Gasteiger partial charge >= 0.3 is 5.97 Å². The second-order valence-electron chi connectivity index (χ2n) is 3.11. The largest absolute Gasteiger partial charge is 0.476 e. The number of oxime groups is 2. The fraction of sp³-hybridized carbons (Fsp3) is 0.500. The van der Waals surface area contributed by atoms with Crippen LogP contribution >= 0.6 is 0 Å². The number of morpholine rings is 1. The number of aliphatic carboxylic acids is 1. The molecule has 3 N–H and O–H groups in total. The van der Waals surface area contributed by atoms with E-state index in [0.29, 0.717) is 13.2 Å². The zero-order valence-corrected chi connectivity index (χ0v) is 8.74. The number of amides is 1. The van der Waals surface area contributed by atoms with E-state index in [1.807, 2.05) is 0 Å². The number of carbonyl (C=O) groups is 2. The third kappa shape index (κ3) is 2.91. The molecule has 0 unspecified atom stereocenters. The molecule has 0 atom stereocenters. The average molecular weight is 245 g/mol. The van der Waals surface area contributed by atoms with Crippen molar-refractivity contribution in [2.75, 3.05) is 26.3 Å². The summed E-state index contributed by atoms with van der Waals surface area (Å²) in [5.74, 6) is -2.49. The van der Waals surface area contributed by atoms with Crippen LogP contribution in [0.3, 0.4) is 0 Å². The number of hydrogen-bond donors (Lipinski definition) is 3. The predicted molar refractivity (Wildman–Crippen MR) is 53.5 cm³/mol. The molecule has 0 aromatic carbocycles. The third-order valence-electron chi connectivity index (χ3n) is 2.13. The number of rotatable bonds is 3. The van der Waals surface area contributed by atoms with Crippen LogP contribution < -0.4 is 0 Å². The van der Waals surface area contributed by atoms with Gasteiger partial charge in [-0.25, -0.2) is 4.79 Å². The van der Waals surface area contributed by atoms with Crippen LogP contribution in [0, 0.1) is 0 Å². The minimum Gasteiger partial charge on any atom is -0.476 e. The summed E-state index contributed by atoms with van der Waals surface area (Å²) < 4.78 is 5.01. The quantitative estimate of drug-likeness (QED) is 0.318. The lowest BCUT2D eigenvalue weighted by atomic mass is 10.2. The Morgan fingerprint density at radius 1 is 1.06 bits per heavy atom. The van der Waals surface area contributed by atoms with Crippen molar-refractivity contribution < 1.29 is 29.8 Å². The van der Waals surface area contributed by atoms with E-state index in [0.717, 1.165) is 0 Å². The summed E-state index contributed by atoms with van der Waals surface area (Å²) in [4.78, 5) is 23.6. The van der Waals surface area contributed by atoms with Crippen LogP contribution in [0.2, 0.25) is 0 Å². The average Bonchev–Trinajstić information content (AvgIpc) is 2.35. The Balaban J connectivity index is 2.87. The summed E-state index contributed by atoms with van der Waals surface area (Å²) in [5, 5.41) is 30.7. The maximum atomic E-state index is 11.8. The van der Waals surface area contributed by atoms with Gasteiger partial charge in [-0.15, -0.1) is 0 Å². The molecule has 0 radical (unpaired) electrons. The van der Waals surface area contributed by atoms with Crippen LogP contribution in [0.4, 0.5) is 0 Å². The lowest BCUT2D eigenvalue weighted by Gasteiger charge is -2.26. The molecular formula is C8H11N3O6. The Labute approximate surface area is 95.6 Å². The molecular weight excluding hydrogens is 234 g/mol. The number of ether oxygens (including phenoxy) is 1. The Morgan fingerprint density at radius 3 is 2.00 bits per heavy atom. The Bertz CT molecular complexity index is 371. The maximum absolute atomic E-state index is 11.8. The van der Waals surface area contributed by atoms with Crippen molar-refractivity contribution in [2.24, 2.45) is 10.3 Å². The number of carboxylic acid groups (broad SMARTS) is 1. The van der Waals surface area contributed by atoms with Crippen molar-refractivity contribution in [2.45, 2.75) is 0 Å². The molecule has 1 amide bonds. The van der Waals surface area contributed by atoms with Crippen molar-refractivity contribution >= 4 is 23.3 Å². The highest BCUT2D eigenvalue weighted by Crippen LogP contribution is 2.00. The van der Waals surface area contributed by atoms with Gasteiger partial charge in [-0.05, 0) is 0 Å². The molecule has 9 nitrogen and oxygen atoms in total. The first-order valence-electron chi connectivity index (χ1n) is 4.66. The molecule has 1 saturated heterocycles. The molecule has 1 heterocycles. The van der Waals surface area contributed by atoms with Crippen molar-refractivity contribution in [3.63, 3.8) is 0 Å². The predicted octanol–water partition coefficient (Wildman–Crippen LogP) is -1.41. The van der Waals surface area contributed by atoms with Gasteiger partial charge in [-0.2, -0.15) is 0 Å². The van der Waals surface area contributed by atoms with Crippen LogP contribution in [0.1, 0.15) is 0 Å². The normalized spacial score (nSPS) is 18.0. The number of nitrogens with zero attached hydrogens (tertiary/aromatic N) is 3. The molecule has 1 aliphatic rings. The van der Waals surface area contributed by atoms with E-state index in [4.69, 9.17) is 20.3 Å². The van der Waals surface area contributed by atoms with Gasteiger partial charge in [0.25, 0.3) is 5.91 Å². The summed E-state index contributed by atoms with van der Waals surface area (Å²) in [6.45, 7) is 1.11. The van der Waals surface area contributed by atoms with Crippen LogP contribution in [0.5, 0.6) is 0 Å². The molecule has 1 aliphatic heterocycles. The minimum absolute atomic E-state index is 0.246. The Hall–Kier alpha value is -2.16. The van der Waals surface area contributed by atoms with Gasteiger partial charge in [0.1, 0.15) is 0 Å². The van der Waals surface area contributed by atoms with Gasteiger partial charge in [0.15, 0.2) is 0 Å². The van der Waals surface area contributed by atoms with Gasteiger partial charge in [0.05, 0.1) is 13.2 Å². The molecule has 94 valence electrons. The lowest BCUT2D eigenvalue weighted by Crippen LogP contribution is -2.47. The van der Waals surface area contributed by atoms with E-state index in [2.05, 4.69) is 10.3 Å². The van der Waals surface area contributed by atoms with Gasteiger partial charge in [-0.1, -0.05) is 10.3 Å². The fourth-order valence-electron chi connectivity index (χ4n) is 1.30. The summed E-state index contributed by atoms with van der Waals surface area (Å²) in [7, 11) is 0. The summed E-state index contributed by atoms with van der Waals surface area (Å²) in [6.07, 6.45) is 0. The number of carbonyl (C=O) groups excluding carboxylic acids is 1. The SMILES string of the molecule is O=C(O)C(=N/O)/C(=N\O)C(=O)N1CCOCC1. The van der Waals surface area contributed by atoms with Crippen LogP contribution in [0.25, 0.3) is 0 Å². The van der Waals surface area contributed by atoms with Gasteiger partial charge in [-0.3, -0.25) is 4.79 Å². The first kappa shape index (κ1) is 12.9. The topological polar surface area (TPSA) is 132 Å². The first-order valence-corrected chi connectivity index (χ1v) is 4.66. The number of carboxylic acids is 1. The second kappa shape index (κ2) is 5.80. The molecule has 17 heavy (non-hydrogen) atoms. The van der Waals surface area contributed by atoms with Crippen LogP contribution in [-0.2, 0) is 14.3 Å². The molecule has 0 aromatic heterocycles. The maximum Gasteiger partial charge on any atom is 0.360 e. The zero-order valence-electron chi connectivity index (χ0n) is 8.74. The second-order valence-corrected chi connectivity index (χ2v) is 3.11. The minimum atomic E-state index is -1.66. The van der Waals surface area contributed by atoms with E-state index >= 15 is 0 Å². The summed E-state index contributed by atoms with van der Waals surface area (Å²) in [5.41, 5.74) is -1.83. The molecule has 1 rings (SSSR count). The molecule has 1 fully saturated rings. The molecule has 0 aromatic rings. The highest BCUT2D eigenvalue weighted by Gasteiger charge is 2.30. The third-order valence-corrected chi connectivity index (χ3v) is 2.13. The van der Waals surface area contributed by atoms with Gasteiger partial charge in [0.2, 0.25) is 11.4 Å². The van der Waals surface area contributed by atoms with E-state index in [9.17, 15) is 9.59 Å². The molecule has 9 heteroatoms. The van der Waals surface area contributed by atoms with E-state index in [-0.39, 0.29) is 13.1 Å². The van der Waals surface area contributed by atoms with Crippen molar-refractivity contribution in [3.8, 4) is 0 Å². The monoisotopic (exact) mass is 245 g/mol. The molecule has 0 saturated carbocycles. The zero-order chi connectivity index (χ0) is 12.8.